The van der Waals surface area contributed by atoms with Gasteiger partial charge in [0, 0.05) is 10.0 Å². The number of hydrogen-bond donors (Lipinski definition) is 0. The van der Waals surface area contributed by atoms with Crippen LogP contribution in [0.1, 0.15) is 31.7 Å². The number of benzene rings is 1. The van der Waals surface area contributed by atoms with Crippen LogP contribution < -0.4 is 0 Å². The lowest BCUT2D eigenvalue weighted by atomic mass is 9.95. The Labute approximate surface area is 100 Å². The molecule has 0 aliphatic carbocycles. The highest BCUT2D eigenvalue weighted by Gasteiger charge is 2.35. The maximum atomic E-state index is 5.96. The van der Waals surface area contributed by atoms with Gasteiger partial charge in [0.15, 0.2) is 0 Å². The van der Waals surface area contributed by atoms with E-state index < -0.39 is 0 Å². The summed E-state index contributed by atoms with van der Waals surface area (Å²) in [5.74, 6) is 0.441. The van der Waals surface area contributed by atoms with Gasteiger partial charge in [0.25, 0.3) is 0 Å². The molecular formula is C12H14Cl2O. The van der Waals surface area contributed by atoms with E-state index in [1.54, 1.807) is 6.07 Å². The standard InChI is InChI=1S/C12H14Cl2O/c1-7(3-12-8(2)15-12)9-4-10(13)6-11(14)5-9/h4-8,12H,3H2,1-2H3. The molecule has 0 radical (unpaired) electrons. The molecule has 1 nitrogen and oxygen atoms in total. The Morgan fingerprint density at radius 1 is 1.27 bits per heavy atom. The van der Waals surface area contributed by atoms with Crippen molar-refractivity contribution in [2.24, 2.45) is 0 Å². The summed E-state index contributed by atoms with van der Waals surface area (Å²) < 4.78 is 5.40. The van der Waals surface area contributed by atoms with Gasteiger partial charge in [0.05, 0.1) is 12.2 Å². The highest BCUT2D eigenvalue weighted by atomic mass is 35.5. The van der Waals surface area contributed by atoms with Crippen LogP contribution in [0.25, 0.3) is 0 Å². The Bertz CT molecular complexity index is 344. The molecular weight excluding hydrogens is 231 g/mol. The number of halogens is 2. The first-order valence-corrected chi connectivity index (χ1v) is 5.93. The van der Waals surface area contributed by atoms with Crippen LogP contribution in [0, 0.1) is 0 Å². The van der Waals surface area contributed by atoms with Crippen molar-refractivity contribution < 1.29 is 4.74 Å². The van der Waals surface area contributed by atoms with Crippen molar-refractivity contribution in [3.05, 3.63) is 33.8 Å². The van der Waals surface area contributed by atoms with Crippen molar-refractivity contribution in [2.45, 2.75) is 38.4 Å². The van der Waals surface area contributed by atoms with Crippen molar-refractivity contribution >= 4 is 23.2 Å². The minimum absolute atomic E-state index is 0.415. The molecule has 1 aromatic rings. The number of ether oxygens (including phenoxy) is 1. The van der Waals surface area contributed by atoms with E-state index in [1.807, 2.05) is 12.1 Å². The molecule has 0 bridgehead atoms. The van der Waals surface area contributed by atoms with Gasteiger partial charge in [-0.05, 0) is 43.0 Å². The van der Waals surface area contributed by atoms with E-state index in [-0.39, 0.29) is 0 Å². The molecule has 1 heterocycles. The Morgan fingerprint density at radius 3 is 2.27 bits per heavy atom. The lowest BCUT2D eigenvalue weighted by Gasteiger charge is -2.11. The van der Waals surface area contributed by atoms with E-state index in [0.717, 1.165) is 6.42 Å². The van der Waals surface area contributed by atoms with E-state index in [0.29, 0.717) is 28.2 Å². The van der Waals surface area contributed by atoms with Crippen LogP contribution in [0.5, 0.6) is 0 Å². The molecule has 1 aromatic carbocycles. The quantitative estimate of drug-likeness (QED) is 0.724. The lowest BCUT2D eigenvalue weighted by Crippen LogP contribution is -2.00. The third kappa shape index (κ3) is 2.87. The van der Waals surface area contributed by atoms with Gasteiger partial charge in [0.2, 0.25) is 0 Å². The van der Waals surface area contributed by atoms with Crippen molar-refractivity contribution in [3.63, 3.8) is 0 Å². The second-order valence-corrected chi connectivity index (χ2v) is 5.09. The largest absolute Gasteiger partial charge is 0.370 e. The first kappa shape index (κ1) is 11.3. The molecule has 0 amide bonds. The molecule has 0 aromatic heterocycles. The molecule has 0 spiro atoms. The minimum Gasteiger partial charge on any atom is -0.370 e. The average Bonchev–Trinajstić information content (AvgIpc) is 2.79. The number of rotatable bonds is 3. The average molecular weight is 245 g/mol. The summed E-state index contributed by atoms with van der Waals surface area (Å²) in [6.45, 7) is 4.28. The van der Waals surface area contributed by atoms with Gasteiger partial charge in [-0.1, -0.05) is 30.1 Å². The van der Waals surface area contributed by atoms with Crippen LogP contribution in [0.3, 0.4) is 0 Å². The van der Waals surface area contributed by atoms with Crippen molar-refractivity contribution in [1.82, 2.24) is 0 Å². The lowest BCUT2D eigenvalue weighted by molar-refractivity contribution is 0.362. The van der Waals surface area contributed by atoms with Gasteiger partial charge in [-0.15, -0.1) is 0 Å². The molecule has 3 atom stereocenters. The fourth-order valence-electron chi connectivity index (χ4n) is 1.82. The van der Waals surface area contributed by atoms with E-state index >= 15 is 0 Å². The topological polar surface area (TPSA) is 12.5 Å². The number of epoxide rings is 1. The third-order valence-electron chi connectivity index (χ3n) is 2.88. The molecule has 82 valence electrons. The summed E-state index contributed by atoms with van der Waals surface area (Å²) in [6.07, 6.45) is 1.87. The van der Waals surface area contributed by atoms with Gasteiger partial charge in [-0.25, -0.2) is 0 Å². The first-order chi connectivity index (χ1) is 7.06. The Hall–Kier alpha value is -0.240. The molecule has 1 fully saturated rings. The van der Waals surface area contributed by atoms with E-state index in [4.69, 9.17) is 27.9 Å². The fraction of sp³-hybridized carbons (Fsp3) is 0.500. The molecule has 1 saturated heterocycles. The Morgan fingerprint density at radius 2 is 1.80 bits per heavy atom. The number of hydrogen-bond acceptors (Lipinski definition) is 1. The van der Waals surface area contributed by atoms with Gasteiger partial charge in [0.1, 0.15) is 0 Å². The van der Waals surface area contributed by atoms with Crippen LogP contribution in [0.2, 0.25) is 10.0 Å². The predicted molar refractivity (Wildman–Crippen MR) is 63.8 cm³/mol. The Balaban J connectivity index is 2.07. The van der Waals surface area contributed by atoms with Gasteiger partial charge in [-0.3, -0.25) is 0 Å². The van der Waals surface area contributed by atoms with Crippen molar-refractivity contribution in [2.75, 3.05) is 0 Å². The normalized spacial score (nSPS) is 26.4. The second-order valence-electron chi connectivity index (χ2n) is 4.22. The van der Waals surface area contributed by atoms with Crippen LogP contribution in [0.15, 0.2) is 18.2 Å². The van der Waals surface area contributed by atoms with Crippen LogP contribution in [0.4, 0.5) is 0 Å². The first-order valence-electron chi connectivity index (χ1n) is 5.17. The maximum absolute atomic E-state index is 5.96. The predicted octanol–water partition coefficient (Wildman–Crippen LogP) is 4.27. The van der Waals surface area contributed by atoms with E-state index in [2.05, 4.69) is 13.8 Å². The SMILES string of the molecule is CC(CC1OC1C)c1cc(Cl)cc(Cl)c1. The van der Waals surface area contributed by atoms with Gasteiger partial charge >= 0.3 is 0 Å². The maximum Gasteiger partial charge on any atom is 0.0844 e. The molecule has 3 unspecified atom stereocenters. The molecule has 1 aliphatic rings. The second kappa shape index (κ2) is 4.32. The summed E-state index contributed by atoms with van der Waals surface area (Å²) >= 11 is 11.9. The van der Waals surface area contributed by atoms with Crippen molar-refractivity contribution in [3.8, 4) is 0 Å². The van der Waals surface area contributed by atoms with Crippen molar-refractivity contribution in [1.29, 1.82) is 0 Å². The monoisotopic (exact) mass is 244 g/mol. The zero-order chi connectivity index (χ0) is 11.0. The highest BCUT2D eigenvalue weighted by molar-refractivity contribution is 6.34. The molecule has 0 N–H and O–H groups in total. The minimum atomic E-state index is 0.415. The summed E-state index contributed by atoms with van der Waals surface area (Å²) in [6, 6.07) is 5.71. The summed E-state index contributed by atoms with van der Waals surface area (Å²) in [5.41, 5.74) is 1.19. The molecule has 3 heteroatoms. The smallest absolute Gasteiger partial charge is 0.0844 e. The zero-order valence-electron chi connectivity index (χ0n) is 8.84. The van der Waals surface area contributed by atoms with E-state index in [9.17, 15) is 0 Å². The van der Waals surface area contributed by atoms with Gasteiger partial charge in [-0.2, -0.15) is 0 Å². The van der Waals surface area contributed by atoms with Crippen LogP contribution in [-0.4, -0.2) is 12.2 Å². The third-order valence-corrected chi connectivity index (χ3v) is 3.31. The molecule has 15 heavy (non-hydrogen) atoms. The fourth-order valence-corrected chi connectivity index (χ4v) is 2.36. The van der Waals surface area contributed by atoms with Gasteiger partial charge < -0.3 is 4.74 Å². The summed E-state index contributed by atoms with van der Waals surface area (Å²) in [4.78, 5) is 0. The highest BCUT2D eigenvalue weighted by Crippen LogP contribution is 2.34. The zero-order valence-corrected chi connectivity index (χ0v) is 10.3. The van der Waals surface area contributed by atoms with Crippen LogP contribution >= 0.6 is 23.2 Å². The molecule has 0 saturated carbocycles. The summed E-state index contributed by atoms with van der Waals surface area (Å²) in [5, 5.41) is 1.41. The molecule has 1 aliphatic heterocycles. The van der Waals surface area contributed by atoms with Crippen LogP contribution in [-0.2, 0) is 4.74 Å². The molecule has 2 rings (SSSR count). The summed E-state index contributed by atoms with van der Waals surface area (Å²) in [7, 11) is 0. The van der Waals surface area contributed by atoms with E-state index in [1.165, 1.54) is 5.56 Å². The Kier molecular flexibility index (Phi) is 3.24.